The minimum absolute atomic E-state index is 0.00150. The number of aromatic nitrogens is 1. The van der Waals surface area contributed by atoms with Crippen LogP contribution in [-0.4, -0.2) is 57.0 Å². The molecule has 0 aliphatic carbocycles. The van der Waals surface area contributed by atoms with Gasteiger partial charge in [0.1, 0.15) is 12.4 Å². The van der Waals surface area contributed by atoms with Gasteiger partial charge in [0.2, 0.25) is 18.7 Å². The summed E-state index contributed by atoms with van der Waals surface area (Å²) in [6, 6.07) is 6.86. The van der Waals surface area contributed by atoms with Crippen molar-refractivity contribution in [2.24, 2.45) is 0 Å². The standard InChI is InChI=1S/C19H19ClN2O10P2/c1-33(26)19(25,10-12-3-2-6-21-11-12)34(27,28)32-16(31-33)14-9-13(20)4-5-15(14)30-18(24)22-7-8-29-17(22)23/h2-6,9,11,16,25H,7-8,10H2,1H3,(H,27,28). The minimum atomic E-state index is -5.05. The minimum Gasteiger partial charge on any atom is -0.447 e. The molecule has 3 heterocycles. The number of carbonyl (C=O) groups excluding carboxylic acids is 2. The summed E-state index contributed by atoms with van der Waals surface area (Å²) in [5, 5.41) is 8.40. The van der Waals surface area contributed by atoms with E-state index in [0.29, 0.717) is 10.5 Å². The molecule has 1 aromatic carbocycles. The molecule has 12 nitrogen and oxygen atoms in total. The summed E-state index contributed by atoms with van der Waals surface area (Å²) in [7, 11) is -9.34. The van der Waals surface area contributed by atoms with Crippen molar-refractivity contribution in [1.29, 1.82) is 0 Å². The first-order valence-electron chi connectivity index (χ1n) is 9.78. The van der Waals surface area contributed by atoms with Gasteiger partial charge in [-0.15, -0.1) is 0 Å². The molecular weight excluding hydrogens is 514 g/mol. The summed E-state index contributed by atoms with van der Waals surface area (Å²) in [5.41, 5.74) is 0.162. The van der Waals surface area contributed by atoms with E-state index >= 15 is 0 Å². The number of hydrogen-bond donors (Lipinski definition) is 2. The van der Waals surface area contributed by atoms with Crippen molar-refractivity contribution in [2.75, 3.05) is 19.8 Å². The summed E-state index contributed by atoms with van der Waals surface area (Å²) in [4.78, 5) is 39.3. The van der Waals surface area contributed by atoms with E-state index in [2.05, 4.69) is 4.98 Å². The quantitative estimate of drug-likeness (QED) is 0.552. The Kier molecular flexibility index (Phi) is 6.61. The fourth-order valence-electron chi connectivity index (χ4n) is 3.37. The summed E-state index contributed by atoms with van der Waals surface area (Å²) in [5.74, 6) is -0.239. The second-order valence-corrected chi connectivity index (χ2v) is 13.0. The van der Waals surface area contributed by atoms with Crippen molar-refractivity contribution in [3.05, 3.63) is 58.9 Å². The van der Waals surface area contributed by atoms with Crippen molar-refractivity contribution < 1.29 is 47.2 Å². The fourth-order valence-corrected chi connectivity index (χ4v) is 7.86. The van der Waals surface area contributed by atoms with Crippen LogP contribution in [0.3, 0.4) is 0 Å². The van der Waals surface area contributed by atoms with Gasteiger partial charge in [-0.3, -0.25) is 23.2 Å². The van der Waals surface area contributed by atoms with Crippen LogP contribution in [-0.2, 0) is 29.3 Å². The molecule has 2 aliphatic heterocycles. The monoisotopic (exact) mass is 532 g/mol. The second-order valence-electron chi connectivity index (χ2n) is 7.54. The first-order valence-corrected chi connectivity index (χ1v) is 13.8. The third kappa shape index (κ3) is 4.50. The van der Waals surface area contributed by atoms with E-state index in [4.69, 9.17) is 30.1 Å². The predicted octanol–water partition coefficient (Wildman–Crippen LogP) is 3.71. The van der Waals surface area contributed by atoms with Crippen molar-refractivity contribution in [1.82, 2.24) is 9.88 Å². The number of carbonyl (C=O) groups is 2. The van der Waals surface area contributed by atoms with Crippen LogP contribution in [0.5, 0.6) is 5.75 Å². The van der Waals surface area contributed by atoms with Gasteiger partial charge in [0.05, 0.1) is 12.1 Å². The van der Waals surface area contributed by atoms with E-state index in [1.54, 1.807) is 0 Å². The van der Waals surface area contributed by atoms with E-state index in [1.165, 1.54) is 42.7 Å². The number of rotatable bonds is 4. The number of hydrogen-bond acceptors (Lipinski definition) is 10. The summed E-state index contributed by atoms with van der Waals surface area (Å²) >= 11 is 6.04. The van der Waals surface area contributed by atoms with E-state index in [1.807, 2.05) is 0 Å². The molecule has 0 spiro atoms. The topological polar surface area (TPSA) is 162 Å². The van der Waals surface area contributed by atoms with Gasteiger partial charge in [-0.05, 0) is 29.8 Å². The van der Waals surface area contributed by atoms with Gasteiger partial charge in [-0.1, -0.05) is 17.7 Å². The average molecular weight is 533 g/mol. The summed E-state index contributed by atoms with van der Waals surface area (Å²) in [6.45, 7) is 0.963. The molecule has 182 valence electrons. The van der Waals surface area contributed by atoms with Crippen LogP contribution >= 0.6 is 26.6 Å². The predicted molar refractivity (Wildman–Crippen MR) is 117 cm³/mol. The molecule has 2 fully saturated rings. The highest BCUT2D eigenvalue weighted by Crippen LogP contribution is 2.79. The Hall–Kier alpha value is -2.30. The number of halogens is 1. The Bertz CT molecular complexity index is 1200. The third-order valence-electron chi connectivity index (χ3n) is 5.21. The maximum Gasteiger partial charge on any atom is 0.424 e. The molecule has 2 saturated heterocycles. The Morgan fingerprint density at radius 3 is 2.74 bits per heavy atom. The highest BCUT2D eigenvalue weighted by Gasteiger charge is 2.65. The fraction of sp³-hybridized carbons (Fsp3) is 0.316. The first kappa shape index (κ1) is 24.8. The van der Waals surface area contributed by atoms with Crippen molar-refractivity contribution >= 4 is 38.8 Å². The molecule has 15 heteroatoms. The zero-order chi connectivity index (χ0) is 24.7. The summed E-state index contributed by atoms with van der Waals surface area (Å²) in [6.07, 6.45) is -1.52. The van der Waals surface area contributed by atoms with E-state index < -0.39 is 44.9 Å². The molecule has 4 unspecified atom stereocenters. The summed E-state index contributed by atoms with van der Waals surface area (Å²) < 4.78 is 47.2. The number of aliphatic hydroxyl groups is 1. The molecule has 34 heavy (non-hydrogen) atoms. The first-order chi connectivity index (χ1) is 15.9. The normalized spacial score (nSPS) is 31.2. The van der Waals surface area contributed by atoms with Gasteiger partial charge >= 0.3 is 19.8 Å². The van der Waals surface area contributed by atoms with Gasteiger partial charge in [0, 0.05) is 30.5 Å². The molecular formula is C19H19ClN2O10P2. The van der Waals surface area contributed by atoms with Crippen molar-refractivity contribution in [2.45, 2.75) is 17.8 Å². The smallest absolute Gasteiger partial charge is 0.424 e. The Morgan fingerprint density at radius 2 is 2.12 bits per heavy atom. The van der Waals surface area contributed by atoms with Gasteiger partial charge < -0.3 is 19.5 Å². The number of benzene rings is 1. The van der Waals surface area contributed by atoms with Gasteiger partial charge in [-0.2, -0.15) is 0 Å². The maximum absolute atomic E-state index is 13.4. The molecule has 0 saturated carbocycles. The van der Waals surface area contributed by atoms with E-state index in [0.717, 1.165) is 6.66 Å². The third-order valence-corrected chi connectivity index (χ3v) is 10.9. The second kappa shape index (κ2) is 9.05. The van der Waals surface area contributed by atoms with Gasteiger partial charge in [-0.25, -0.2) is 14.5 Å². The van der Waals surface area contributed by atoms with E-state index in [-0.39, 0.29) is 29.5 Å². The number of nitrogens with zero attached hydrogens (tertiary/aromatic N) is 2. The van der Waals surface area contributed by atoms with E-state index in [9.17, 15) is 28.7 Å². The number of pyridine rings is 1. The van der Waals surface area contributed by atoms with Crippen LogP contribution in [0.1, 0.15) is 17.4 Å². The molecule has 4 rings (SSSR count). The Morgan fingerprint density at radius 1 is 1.35 bits per heavy atom. The van der Waals surface area contributed by atoms with Crippen LogP contribution in [0, 0.1) is 0 Å². The molecule has 2 aliphatic rings. The van der Waals surface area contributed by atoms with Crippen LogP contribution in [0.2, 0.25) is 5.02 Å². The Labute approximate surface area is 198 Å². The van der Waals surface area contributed by atoms with Crippen molar-refractivity contribution in [3.8, 4) is 5.75 Å². The lowest BCUT2D eigenvalue weighted by Crippen LogP contribution is -2.38. The largest absolute Gasteiger partial charge is 0.447 e. The van der Waals surface area contributed by atoms with Gasteiger partial charge in [0.25, 0.3) is 0 Å². The number of amides is 2. The molecule has 0 radical (unpaired) electrons. The van der Waals surface area contributed by atoms with Crippen molar-refractivity contribution in [3.63, 3.8) is 0 Å². The molecule has 0 bridgehead atoms. The maximum atomic E-state index is 13.4. The van der Waals surface area contributed by atoms with Gasteiger partial charge in [0.15, 0.2) is 0 Å². The number of imide groups is 1. The van der Waals surface area contributed by atoms with Crippen LogP contribution < -0.4 is 4.74 Å². The van der Waals surface area contributed by atoms with Crippen LogP contribution in [0.15, 0.2) is 42.7 Å². The zero-order valence-electron chi connectivity index (χ0n) is 17.6. The lowest BCUT2D eigenvalue weighted by Gasteiger charge is -2.43. The lowest BCUT2D eigenvalue weighted by atomic mass is 10.2. The molecule has 2 aromatic rings. The Balaban J connectivity index is 1.66. The SMILES string of the molecule is CP1(=O)OC(c2cc(Cl)ccc2OC(=O)N2CCOC2=O)OP(=O)(O)C1(O)Cc1cccnc1. The average Bonchev–Trinajstić information content (AvgIpc) is 3.20. The highest BCUT2D eigenvalue weighted by molar-refractivity contribution is 7.76. The van der Waals surface area contributed by atoms with Crippen LogP contribution in [0.25, 0.3) is 0 Å². The molecule has 2 N–H and O–H groups in total. The number of ether oxygens (including phenoxy) is 2. The molecule has 1 aromatic heterocycles. The molecule has 4 atom stereocenters. The van der Waals surface area contributed by atoms with Crippen LogP contribution in [0.4, 0.5) is 9.59 Å². The number of cyclic esters (lactones) is 1. The lowest BCUT2D eigenvalue weighted by molar-refractivity contribution is -0.0448. The molecule has 2 amide bonds. The zero-order valence-corrected chi connectivity index (χ0v) is 20.1. The highest BCUT2D eigenvalue weighted by atomic mass is 35.5.